The number of pyridine rings is 1. The van der Waals surface area contributed by atoms with E-state index in [0.717, 1.165) is 11.9 Å². The molecule has 2 heteroatoms. The molecular formula is C15H18BrN. The summed E-state index contributed by atoms with van der Waals surface area (Å²) < 4.78 is 0. The van der Waals surface area contributed by atoms with Crippen LogP contribution in [0.2, 0.25) is 0 Å². The molecule has 1 nitrogen and oxygen atoms in total. The molecule has 0 N–H and O–H groups in total. The maximum absolute atomic E-state index is 4.49. The Kier molecular flexibility index (Phi) is 4.55. The number of halogens is 1. The smallest absolute Gasteiger partial charge is 0.0702 e. The zero-order chi connectivity index (χ0) is 12.1. The molecule has 0 aliphatic heterocycles. The van der Waals surface area contributed by atoms with E-state index in [1.807, 2.05) is 12.3 Å². The fourth-order valence-electron chi connectivity index (χ4n) is 2.03. The van der Waals surface area contributed by atoms with Gasteiger partial charge in [0.05, 0.1) is 5.52 Å². The van der Waals surface area contributed by atoms with E-state index in [0.29, 0.717) is 4.83 Å². The van der Waals surface area contributed by atoms with Crippen molar-refractivity contribution < 1.29 is 0 Å². The summed E-state index contributed by atoms with van der Waals surface area (Å²) in [4.78, 5) is 5.13. The Morgan fingerprint density at radius 2 is 2.06 bits per heavy atom. The van der Waals surface area contributed by atoms with Crippen molar-refractivity contribution in [3.63, 3.8) is 0 Å². The maximum Gasteiger partial charge on any atom is 0.0702 e. The van der Waals surface area contributed by atoms with Gasteiger partial charge in [-0.1, -0.05) is 47.5 Å². The van der Waals surface area contributed by atoms with Crippen LogP contribution in [0.15, 0.2) is 36.5 Å². The van der Waals surface area contributed by atoms with E-state index in [9.17, 15) is 0 Å². The number of nitrogens with zero attached hydrogens (tertiary/aromatic N) is 1. The van der Waals surface area contributed by atoms with Crippen molar-refractivity contribution in [1.29, 1.82) is 0 Å². The molecule has 0 fully saturated rings. The van der Waals surface area contributed by atoms with Crippen molar-refractivity contribution >= 4 is 26.8 Å². The molecule has 2 aromatic rings. The third-order valence-corrected chi connectivity index (χ3v) is 3.91. The van der Waals surface area contributed by atoms with Crippen molar-refractivity contribution in [3.8, 4) is 0 Å². The average molecular weight is 292 g/mol. The number of hydrogen-bond donors (Lipinski definition) is 0. The minimum atomic E-state index is 0.638. The summed E-state index contributed by atoms with van der Waals surface area (Å²) in [5, 5.41) is 1.24. The van der Waals surface area contributed by atoms with Gasteiger partial charge in [-0.3, -0.25) is 4.98 Å². The summed E-state index contributed by atoms with van der Waals surface area (Å²) in [7, 11) is 0. The minimum absolute atomic E-state index is 0.638. The minimum Gasteiger partial charge on any atom is -0.256 e. The Morgan fingerprint density at radius 1 is 1.24 bits per heavy atom. The van der Waals surface area contributed by atoms with Crippen molar-refractivity contribution in [3.05, 3.63) is 42.1 Å². The molecule has 0 saturated carbocycles. The fourth-order valence-corrected chi connectivity index (χ4v) is 2.72. The predicted molar refractivity (Wildman–Crippen MR) is 77.7 cm³/mol. The second kappa shape index (κ2) is 6.15. The van der Waals surface area contributed by atoms with E-state index in [1.165, 1.54) is 30.2 Å². The van der Waals surface area contributed by atoms with E-state index < -0.39 is 0 Å². The zero-order valence-corrected chi connectivity index (χ0v) is 11.8. The van der Waals surface area contributed by atoms with Gasteiger partial charge in [0, 0.05) is 16.4 Å². The van der Waals surface area contributed by atoms with Gasteiger partial charge in [-0.05, 0) is 37.0 Å². The van der Waals surface area contributed by atoms with Gasteiger partial charge in [-0.15, -0.1) is 0 Å². The topological polar surface area (TPSA) is 12.9 Å². The van der Waals surface area contributed by atoms with Gasteiger partial charge in [0.25, 0.3) is 0 Å². The molecule has 0 spiro atoms. The highest BCUT2D eigenvalue weighted by Crippen LogP contribution is 2.18. The van der Waals surface area contributed by atoms with Gasteiger partial charge >= 0.3 is 0 Å². The van der Waals surface area contributed by atoms with Gasteiger partial charge < -0.3 is 0 Å². The first-order valence-electron chi connectivity index (χ1n) is 6.27. The molecule has 1 aromatic carbocycles. The van der Waals surface area contributed by atoms with Crippen LogP contribution in [0.3, 0.4) is 0 Å². The number of benzene rings is 1. The van der Waals surface area contributed by atoms with Gasteiger partial charge in [0.15, 0.2) is 0 Å². The highest BCUT2D eigenvalue weighted by atomic mass is 79.9. The van der Waals surface area contributed by atoms with E-state index in [1.54, 1.807) is 0 Å². The molecule has 1 unspecified atom stereocenters. The lowest BCUT2D eigenvalue weighted by Crippen LogP contribution is -1.99. The largest absolute Gasteiger partial charge is 0.256 e. The molecule has 0 saturated heterocycles. The second-order valence-corrected chi connectivity index (χ2v) is 5.76. The lowest BCUT2D eigenvalue weighted by atomic mass is 10.1. The third-order valence-electron chi connectivity index (χ3n) is 3.00. The van der Waals surface area contributed by atoms with Crippen LogP contribution in [-0.2, 0) is 6.42 Å². The Hall–Kier alpha value is -0.890. The maximum atomic E-state index is 4.49. The van der Waals surface area contributed by atoms with Crippen molar-refractivity contribution in [2.75, 3.05) is 0 Å². The summed E-state index contributed by atoms with van der Waals surface area (Å²) in [5.41, 5.74) is 2.42. The number of rotatable bonds is 5. The molecule has 0 aliphatic rings. The molecule has 1 aromatic heterocycles. The van der Waals surface area contributed by atoms with E-state index in [4.69, 9.17) is 0 Å². The Morgan fingerprint density at radius 3 is 2.88 bits per heavy atom. The first-order chi connectivity index (χ1) is 8.29. The van der Waals surface area contributed by atoms with E-state index >= 15 is 0 Å². The third kappa shape index (κ3) is 3.53. The number of alkyl halides is 1. The summed E-state index contributed by atoms with van der Waals surface area (Å²) in [6.07, 6.45) is 6.79. The first-order valence-corrected chi connectivity index (χ1v) is 7.19. The summed E-state index contributed by atoms with van der Waals surface area (Å²) in [6.45, 7) is 2.23. The highest BCUT2D eigenvalue weighted by Gasteiger charge is 2.04. The quantitative estimate of drug-likeness (QED) is 0.726. The molecule has 17 heavy (non-hydrogen) atoms. The van der Waals surface area contributed by atoms with Crippen LogP contribution in [0.1, 0.15) is 31.7 Å². The van der Waals surface area contributed by atoms with Crippen LogP contribution in [-0.4, -0.2) is 9.81 Å². The van der Waals surface area contributed by atoms with Crippen molar-refractivity contribution in [1.82, 2.24) is 4.98 Å². The molecule has 0 aliphatic carbocycles. The van der Waals surface area contributed by atoms with Crippen LogP contribution in [0.5, 0.6) is 0 Å². The SMILES string of the molecule is CCCC(Br)CCc1cnc2ccccc2c1. The standard InChI is InChI=1S/C15H18BrN/c1-2-5-14(16)9-8-12-10-13-6-3-4-7-15(13)17-11-12/h3-4,6-7,10-11,14H,2,5,8-9H2,1H3. The number of para-hydroxylation sites is 1. The van der Waals surface area contributed by atoms with Crippen LogP contribution >= 0.6 is 15.9 Å². The summed E-state index contributed by atoms with van der Waals surface area (Å²) >= 11 is 3.72. The predicted octanol–water partition coefficient (Wildman–Crippen LogP) is 4.73. The van der Waals surface area contributed by atoms with Gasteiger partial charge in [-0.25, -0.2) is 0 Å². The lowest BCUT2D eigenvalue weighted by molar-refractivity contribution is 0.692. The first kappa shape index (κ1) is 12.6. The summed E-state index contributed by atoms with van der Waals surface area (Å²) in [5.74, 6) is 0. The van der Waals surface area contributed by atoms with Crippen LogP contribution < -0.4 is 0 Å². The fraction of sp³-hybridized carbons (Fsp3) is 0.400. The monoisotopic (exact) mass is 291 g/mol. The molecule has 0 amide bonds. The van der Waals surface area contributed by atoms with Crippen LogP contribution in [0.25, 0.3) is 10.9 Å². The molecule has 0 radical (unpaired) electrons. The van der Waals surface area contributed by atoms with Crippen molar-refractivity contribution in [2.45, 2.75) is 37.4 Å². The highest BCUT2D eigenvalue weighted by molar-refractivity contribution is 9.09. The number of fused-ring (bicyclic) bond motifs is 1. The average Bonchev–Trinajstić information content (AvgIpc) is 2.36. The van der Waals surface area contributed by atoms with Crippen molar-refractivity contribution in [2.24, 2.45) is 0 Å². The normalized spacial score (nSPS) is 12.8. The molecule has 1 atom stereocenters. The van der Waals surface area contributed by atoms with Gasteiger partial charge in [-0.2, -0.15) is 0 Å². The lowest BCUT2D eigenvalue weighted by Gasteiger charge is -2.08. The van der Waals surface area contributed by atoms with E-state index in [-0.39, 0.29) is 0 Å². The Labute approximate surface area is 111 Å². The molecule has 90 valence electrons. The van der Waals surface area contributed by atoms with Crippen LogP contribution in [0, 0.1) is 0 Å². The Balaban J connectivity index is 2.04. The zero-order valence-electron chi connectivity index (χ0n) is 10.2. The number of aryl methyl sites for hydroxylation is 1. The molecule has 0 bridgehead atoms. The molecule has 1 heterocycles. The van der Waals surface area contributed by atoms with Gasteiger partial charge in [0.2, 0.25) is 0 Å². The van der Waals surface area contributed by atoms with Crippen LogP contribution in [0.4, 0.5) is 0 Å². The number of hydrogen-bond acceptors (Lipinski definition) is 1. The summed E-state index contributed by atoms with van der Waals surface area (Å²) in [6, 6.07) is 10.5. The Bertz CT molecular complexity index is 481. The number of aromatic nitrogens is 1. The van der Waals surface area contributed by atoms with Gasteiger partial charge in [0.1, 0.15) is 0 Å². The molecular weight excluding hydrogens is 274 g/mol. The molecule has 2 rings (SSSR count). The second-order valence-electron chi connectivity index (χ2n) is 4.46. The van der Waals surface area contributed by atoms with E-state index in [2.05, 4.69) is 52.1 Å².